The van der Waals surface area contributed by atoms with Gasteiger partial charge in [-0.2, -0.15) is 0 Å². The SMILES string of the molecule is CC1(C)CC(=O)Nc2ccc(S(=O)(=O)NC(CO)Cc3ccccc3)cc21. The third-order valence-corrected chi connectivity index (χ3v) is 6.29. The quantitative estimate of drug-likeness (QED) is 0.707. The van der Waals surface area contributed by atoms with Crippen LogP contribution in [0, 0.1) is 0 Å². The van der Waals surface area contributed by atoms with Crippen LogP contribution < -0.4 is 10.0 Å². The minimum Gasteiger partial charge on any atom is -0.395 e. The molecule has 1 unspecified atom stereocenters. The molecule has 0 bridgehead atoms. The highest BCUT2D eigenvalue weighted by atomic mass is 32.2. The van der Waals surface area contributed by atoms with E-state index in [4.69, 9.17) is 0 Å². The van der Waals surface area contributed by atoms with Crippen molar-refractivity contribution in [1.29, 1.82) is 0 Å². The van der Waals surface area contributed by atoms with Crippen LogP contribution in [0.1, 0.15) is 31.4 Å². The molecule has 1 aliphatic heterocycles. The van der Waals surface area contributed by atoms with Gasteiger partial charge in [0.15, 0.2) is 0 Å². The van der Waals surface area contributed by atoms with Gasteiger partial charge >= 0.3 is 0 Å². The van der Waals surface area contributed by atoms with Gasteiger partial charge in [-0.3, -0.25) is 4.79 Å². The highest BCUT2D eigenvalue weighted by Crippen LogP contribution is 2.38. The molecule has 1 heterocycles. The summed E-state index contributed by atoms with van der Waals surface area (Å²) in [5.41, 5.74) is 1.91. The van der Waals surface area contributed by atoms with Crippen LogP contribution in [0.15, 0.2) is 53.4 Å². The minimum atomic E-state index is -3.81. The van der Waals surface area contributed by atoms with Crippen LogP contribution in [0.4, 0.5) is 5.69 Å². The molecule has 1 atom stereocenters. The van der Waals surface area contributed by atoms with E-state index in [0.29, 0.717) is 18.5 Å². The molecular weight excluding hydrogens is 364 g/mol. The van der Waals surface area contributed by atoms with Crippen molar-refractivity contribution in [3.8, 4) is 0 Å². The van der Waals surface area contributed by atoms with Crippen molar-refractivity contribution in [2.75, 3.05) is 11.9 Å². The molecule has 0 radical (unpaired) electrons. The van der Waals surface area contributed by atoms with E-state index >= 15 is 0 Å². The van der Waals surface area contributed by atoms with Crippen LogP contribution in [0.3, 0.4) is 0 Å². The predicted molar refractivity (Wildman–Crippen MR) is 104 cm³/mol. The zero-order valence-corrected chi connectivity index (χ0v) is 16.2. The smallest absolute Gasteiger partial charge is 0.240 e. The minimum absolute atomic E-state index is 0.0792. The molecule has 1 aliphatic rings. The van der Waals surface area contributed by atoms with Gasteiger partial charge in [0.2, 0.25) is 15.9 Å². The molecule has 7 heteroatoms. The summed E-state index contributed by atoms with van der Waals surface area (Å²) in [7, 11) is -3.81. The Balaban J connectivity index is 1.85. The number of hydrogen-bond donors (Lipinski definition) is 3. The third kappa shape index (κ3) is 4.37. The van der Waals surface area contributed by atoms with E-state index in [2.05, 4.69) is 10.0 Å². The average Bonchev–Trinajstić information content (AvgIpc) is 2.60. The lowest BCUT2D eigenvalue weighted by molar-refractivity contribution is -0.117. The Labute approximate surface area is 159 Å². The fourth-order valence-corrected chi connectivity index (χ4v) is 4.63. The molecule has 3 rings (SSSR count). The Morgan fingerprint density at radius 3 is 2.56 bits per heavy atom. The second-order valence-corrected chi connectivity index (χ2v) is 9.22. The van der Waals surface area contributed by atoms with Crippen molar-refractivity contribution in [2.24, 2.45) is 0 Å². The van der Waals surface area contributed by atoms with Crippen molar-refractivity contribution in [1.82, 2.24) is 4.72 Å². The summed E-state index contributed by atoms with van der Waals surface area (Å²) >= 11 is 0. The third-order valence-electron chi connectivity index (χ3n) is 4.77. The number of amides is 1. The number of carbonyl (C=O) groups excluding carboxylic acids is 1. The van der Waals surface area contributed by atoms with Crippen molar-refractivity contribution < 1.29 is 18.3 Å². The molecular formula is C20H24N2O4S. The van der Waals surface area contributed by atoms with Crippen LogP contribution in [-0.4, -0.2) is 32.1 Å². The van der Waals surface area contributed by atoms with E-state index in [-0.39, 0.29) is 17.4 Å². The summed E-state index contributed by atoms with van der Waals surface area (Å²) in [4.78, 5) is 11.9. The fourth-order valence-electron chi connectivity index (χ4n) is 3.38. The Hall–Kier alpha value is -2.22. The van der Waals surface area contributed by atoms with Crippen molar-refractivity contribution in [3.63, 3.8) is 0 Å². The second kappa shape index (κ2) is 7.42. The molecule has 0 saturated carbocycles. The van der Waals surface area contributed by atoms with Crippen molar-refractivity contribution >= 4 is 21.6 Å². The number of anilines is 1. The number of rotatable bonds is 6. The summed E-state index contributed by atoms with van der Waals surface area (Å²) in [5, 5.41) is 12.4. The highest BCUT2D eigenvalue weighted by molar-refractivity contribution is 7.89. The number of aliphatic hydroxyl groups excluding tert-OH is 1. The molecule has 2 aromatic rings. The van der Waals surface area contributed by atoms with Gasteiger partial charge < -0.3 is 10.4 Å². The number of sulfonamides is 1. The van der Waals surface area contributed by atoms with Crippen molar-refractivity contribution in [2.45, 2.75) is 43.0 Å². The number of hydrogen-bond acceptors (Lipinski definition) is 4. The molecule has 3 N–H and O–H groups in total. The molecule has 0 fully saturated rings. The Kier molecular flexibility index (Phi) is 5.37. The second-order valence-electron chi connectivity index (χ2n) is 7.51. The number of aliphatic hydroxyl groups is 1. The summed E-state index contributed by atoms with van der Waals surface area (Å²) in [6.07, 6.45) is 0.688. The molecule has 2 aromatic carbocycles. The zero-order valence-electron chi connectivity index (χ0n) is 15.4. The van der Waals surface area contributed by atoms with E-state index in [9.17, 15) is 18.3 Å². The lowest BCUT2D eigenvalue weighted by Crippen LogP contribution is -2.39. The number of carbonyl (C=O) groups is 1. The van der Waals surface area contributed by atoms with E-state index in [1.165, 1.54) is 6.07 Å². The highest BCUT2D eigenvalue weighted by Gasteiger charge is 2.33. The van der Waals surface area contributed by atoms with Gasteiger partial charge in [-0.05, 0) is 35.7 Å². The van der Waals surface area contributed by atoms with Crippen LogP contribution in [-0.2, 0) is 26.7 Å². The van der Waals surface area contributed by atoms with Gasteiger partial charge in [-0.1, -0.05) is 44.2 Å². The van der Waals surface area contributed by atoms with Gasteiger partial charge in [0.1, 0.15) is 0 Å². The first-order valence-electron chi connectivity index (χ1n) is 8.83. The number of nitrogens with one attached hydrogen (secondary N) is 2. The zero-order chi connectivity index (χ0) is 19.7. The predicted octanol–water partition coefficient (Wildman–Crippen LogP) is 2.19. The van der Waals surface area contributed by atoms with Crippen LogP contribution in [0.25, 0.3) is 0 Å². The first kappa shape index (κ1) is 19.5. The number of fused-ring (bicyclic) bond motifs is 1. The molecule has 27 heavy (non-hydrogen) atoms. The van der Waals surface area contributed by atoms with Gasteiger partial charge in [-0.15, -0.1) is 0 Å². The molecule has 144 valence electrons. The maximum absolute atomic E-state index is 12.8. The van der Waals surface area contributed by atoms with Crippen LogP contribution >= 0.6 is 0 Å². The summed E-state index contributed by atoms with van der Waals surface area (Å²) in [6.45, 7) is 3.53. The van der Waals surface area contributed by atoms with Gasteiger partial charge in [0.05, 0.1) is 11.5 Å². The monoisotopic (exact) mass is 388 g/mol. The van der Waals surface area contributed by atoms with E-state index < -0.39 is 21.5 Å². The molecule has 0 saturated heterocycles. The van der Waals surface area contributed by atoms with E-state index in [0.717, 1.165) is 11.1 Å². The standard InChI is InChI=1S/C20H24N2O4S/c1-20(2)12-19(24)21-18-9-8-16(11-17(18)20)27(25,26)22-15(13-23)10-14-6-4-3-5-7-14/h3-9,11,15,22-23H,10,12-13H2,1-2H3,(H,21,24). The maximum atomic E-state index is 12.8. The molecule has 0 aliphatic carbocycles. The fraction of sp³-hybridized carbons (Fsp3) is 0.350. The molecule has 6 nitrogen and oxygen atoms in total. The van der Waals surface area contributed by atoms with E-state index in [1.54, 1.807) is 12.1 Å². The summed E-state index contributed by atoms with van der Waals surface area (Å²) in [5.74, 6) is -0.0792. The van der Waals surface area contributed by atoms with Crippen LogP contribution in [0.2, 0.25) is 0 Å². The molecule has 0 aromatic heterocycles. The maximum Gasteiger partial charge on any atom is 0.240 e. The summed E-state index contributed by atoms with van der Waals surface area (Å²) < 4.78 is 28.3. The normalized spacial score (nSPS) is 17.1. The van der Waals surface area contributed by atoms with Gasteiger partial charge in [0, 0.05) is 23.6 Å². The average molecular weight is 388 g/mol. The molecule has 0 spiro atoms. The molecule has 1 amide bonds. The Morgan fingerprint density at radius 2 is 1.89 bits per heavy atom. The van der Waals surface area contributed by atoms with Crippen molar-refractivity contribution in [3.05, 3.63) is 59.7 Å². The Bertz CT molecular complexity index is 940. The first-order chi connectivity index (χ1) is 12.7. The van der Waals surface area contributed by atoms with Gasteiger partial charge in [-0.25, -0.2) is 13.1 Å². The Morgan fingerprint density at radius 1 is 1.19 bits per heavy atom. The lowest BCUT2D eigenvalue weighted by atomic mass is 9.78. The topological polar surface area (TPSA) is 95.5 Å². The first-order valence-corrected chi connectivity index (χ1v) is 10.3. The number of benzene rings is 2. The van der Waals surface area contributed by atoms with E-state index in [1.807, 2.05) is 44.2 Å². The lowest BCUT2D eigenvalue weighted by Gasteiger charge is -2.32. The van der Waals surface area contributed by atoms with Gasteiger partial charge in [0.25, 0.3) is 0 Å². The summed E-state index contributed by atoms with van der Waals surface area (Å²) in [6, 6.07) is 13.5. The largest absolute Gasteiger partial charge is 0.395 e. The van der Waals surface area contributed by atoms with Crippen LogP contribution in [0.5, 0.6) is 0 Å².